The van der Waals surface area contributed by atoms with Crippen molar-refractivity contribution in [2.75, 3.05) is 0 Å². The van der Waals surface area contributed by atoms with Crippen molar-refractivity contribution in [3.63, 3.8) is 0 Å². The maximum atomic E-state index is 11.0. The first kappa shape index (κ1) is 12.8. The maximum Gasteiger partial charge on any atom is 0.335 e. The SMILES string of the molecule is O=C(O)c1ccc(-c2cn(-c3ccc(=O)[nH]c3)nn2)cc1. The Labute approximate surface area is 118 Å². The topological polar surface area (TPSA) is 101 Å². The summed E-state index contributed by atoms with van der Waals surface area (Å²) in [4.78, 5) is 24.4. The molecule has 0 fully saturated rings. The monoisotopic (exact) mass is 282 g/mol. The Morgan fingerprint density at radius 2 is 1.90 bits per heavy atom. The molecule has 2 N–H and O–H groups in total. The molecule has 7 heteroatoms. The van der Waals surface area contributed by atoms with E-state index in [9.17, 15) is 9.59 Å². The van der Waals surface area contributed by atoms with Gasteiger partial charge >= 0.3 is 5.97 Å². The van der Waals surface area contributed by atoms with E-state index in [2.05, 4.69) is 15.3 Å². The van der Waals surface area contributed by atoms with Crippen LogP contribution in [0, 0.1) is 0 Å². The van der Waals surface area contributed by atoms with E-state index < -0.39 is 5.97 Å². The Hall–Kier alpha value is -3.22. The summed E-state index contributed by atoms with van der Waals surface area (Å²) >= 11 is 0. The van der Waals surface area contributed by atoms with E-state index in [0.29, 0.717) is 11.4 Å². The van der Waals surface area contributed by atoms with Gasteiger partial charge in [0, 0.05) is 17.8 Å². The third-order valence-corrected chi connectivity index (χ3v) is 2.95. The fraction of sp³-hybridized carbons (Fsp3) is 0. The number of pyridine rings is 1. The molecule has 0 saturated heterocycles. The molecule has 0 unspecified atom stereocenters. The van der Waals surface area contributed by atoms with E-state index in [1.54, 1.807) is 24.4 Å². The average molecular weight is 282 g/mol. The molecule has 3 aromatic rings. The van der Waals surface area contributed by atoms with Gasteiger partial charge in [-0.3, -0.25) is 4.79 Å². The van der Waals surface area contributed by atoms with Crippen molar-refractivity contribution in [2.24, 2.45) is 0 Å². The van der Waals surface area contributed by atoms with Crippen LogP contribution in [0.5, 0.6) is 0 Å². The standard InChI is InChI=1S/C14H10N4O3/c19-13-6-5-11(7-15-13)18-8-12(16-17-18)9-1-3-10(4-2-9)14(20)21/h1-8H,(H,15,19)(H,20,21). The maximum absolute atomic E-state index is 11.0. The molecule has 0 radical (unpaired) electrons. The summed E-state index contributed by atoms with van der Waals surface area (Å²) in [5.74, 6) is -0.974. The molecule has 0 amide bonds. The number of aromatic nitrogens is 4. The third-order valence-electron chi connectivity index (χ3n) is 2.95. The Bertz CT molecular complexity index is 829. The Kier molecular flexibility index (Phi) is 3.07. The van der Waals surface area contributed by atoms with Crippen molar-refractivity contribution in [2.45, 2.75) is 0 Å². The van der Waals surface area contributed by atoms with Crippen LogP contribution in [-0.2, 0) is 0 Å². The number of nitrogens with zero attached hydrogens (tertiary/aromatic N) is 3. The van der Waals surface area contributed by atoms with Gasteiger partial charge in [0.05, 0.1) is 17.4 Å². The molecule has 2 aromatic heterocycles. The van der Waals surface area contributed by atoms with Crippen molar-refractivity contribution in [3.05, 3.63) is 64.7 Å². The number of carboxylic acid groups (broad SMARTS) is 1. The summed E-state index contributed by atoms with van der Waals surface area (Å²) in [5.41, 5.74) is 2.07. The first-order valence-corrected chi connectivity index (χ1v) is 6.09. The second kappa shape index (κ2) is 5.04. The van der Waals surface area contributed by atoms with Crippen LogP contribution in [0.3, 0.4) is 0 Å². The normalized spacial score (nSPS) is 10.5. The van der Waals surface area contributed by atoms with Gasteiger partial charge in [-0.05, 0) is 18.2 Å². The fourth-order valence-corrected chi connectivity index (χ4v) is 1.85. The zero-order valence-corrected chi connectivity index (χ0v) is 10.7. The fourth-order valence-electron chi connectivity index (χ4n) is 1.85. The summed E-state index contributed by atoms with van der Waals surface area (Å²) in [6.07, 6.45) is 3.23. The Morgan fingerprint density at radius 3 is 2.52 bits per heavy atom. The molecule has 21 heavy (non-hydrogen) atoms. The highest BCUT2D eigenvalue weighted by Gasteiger charge is 2.07. The van der Waals surface area contributed by atoms with Gasteiger partial charge in [-0.15, -0.1) is 5.10 Å². The van der Waals surface area contributed by atoms with Gasteiger partial charge in [-0.2, -0.15) is 0 Å². The zero-order valence-electron chi connectivity index (χ0n) is 10.7. The summed E-state index contributed by atoms with van der Waals surface area (Å²) in [5, 5.41) is 16.9. The lowest BCUT2D eigenvalue weighted by atomic mass is 10.1. The second-order valence-corrected chi connectivity index (χ2v) is 4.34. The van der Waals surface area contributed by atoms with Gasteiger partial charge in [0.1, 0.15) is 5.69 Å². The highest BCUT2D eigenvalue weighted by Crippen LogP contribution is 2.18. The van der Waals surface area contributed by atoms with Crippen LogP contribution in [0.4, 0.5) is 0 Å². The zero-order chi connectivity index (χ0) is 14.8. The Balaban J connectivity index is 1.92. The number of nitrogens with one attached hydrogen (secondary N) is 1. The number of rotatable bonds is 3. The van der Waals surface area contributed by atoms with Gasteiger partial charge in [0.15, 0.2) is 0 Å². The van der Waals surface area contributed by atoms with Crippen LogP contribution in [0.25, 0.3) is 16.9 Å². The molecule has 7 nitrogen and oxygen atoms in total. The number of aromatic amines is 1. The highest BCUT2D eigenvalue weighted by atomic mass is 16.4. The second-order valence-electron chi connectivity index (χ2n) is 4.34. The van der Waals surface area contributed by atoms with Crippen LogP contribution in [0.2, 0.25) is 0 Å². The van der Waals surface area contributed by atoms with Crippen molar-refractivity contribution in [1.82, 2.24) is 20.0 Å². The van der Waals surface area contributed by atoms with E-state index >= 15 is 0 Å². The van der Waals surface area contributed by atoms with Crippen molar-refractivity contribution in [3.8, 4) is 16.9 Å². The minimum absolute atomic E-state index is 0.191. The number of aromatic carboxylic acids is 1. The quantitative estimate of drug-likeness (QED) is 0.754. The van der Waals surface area contributed by atoms with Crippen molar-refractivity contribution in [1.29, 1.82) is 0 Å². The molecule has 2 heterocycles. The van der Waals surface area contributed by atoms with Crippen molar-refractivity contribution >= 4 is 5.97 Å². The molecule has 0 saturated carbocycles. The van der Waals surface area contributed by atoms with Gasteiger partial charge in [0.25, 0.3) is 0 Å². The molecule has 0 aliphatic heterocycles. The summed E-state index contributed by atoms with van der Waals surface area (Å²) in [6.45, 7) is 0. The molecule has 0 aliphatic rings. The highest BCUT2D eigenvalue weighted by molar-refractivity contribution is 5.88. The van der Waals surface area contributed by atoms with Crippen LogP contribution in [0.1, 0.15) is 10.4 Å². The molecule has 0 atom stereocenters. The van der Waals surface area contributed by atoms with Crippen LogP contribution >= 0.6 is 0 Å². The molecule has 0 aliphatic carbocycles. The molecule has 104 valence electrons. The summed E-state index contributed by atoms with van der Waals surface area (Å²) in [7, 11) is 0. The lowest BCUT2D eigenvalue weighted by molar-refractivity contribution is 0.0697. The minimum atomic E-state index is -0.974. The van der Waals surface area contributed by atoms with E-state index in [0.717, 1.165) is 5.56 Å². The van der Waals surface area contributed by atoms with E-state index in [4.69, 9.17) is 5.11 Å². The Morgan fingerprint density at radius 1 is 1.14 bits per heavy atom. The van der Waals surface area contributed by atoms with Crippen LogP contribution in [-0.4, -0.2) is 31.1 Å². The first-order chi connectivity index (χ1) is 10.1. The minimum Gasteiger partial charge on any atom is -0.478 e. The predicted molar refractivity (Wildman–Crippen MR) is 74.4 cm³/mol. The third kappa shape index (κ3) is 2.57. The number of hydrogen-bond acceptors (Lipinski definition) is 4. The first-order valence-electron chi connectivity index (χ1n) is 6.09. The molecule has 0 bridgehead atoms. The molecule has 0 spiro atoms. The molecule has 1 aromatic carbocycles. The summed E-state index contributed by atoms with van der Waals surface area (Å²) in [6, 6.07) is 9.39. The lowest BCUT2D eigenvalue weighted by Gasteiger charge is -1.98. The van der Waals surface area contributed by atoms with Crippen LogP contribution in [0.15, 0.2) is 53.6 Å². The predicted octanol–water partition coefficient (Wildman–Crippen LogP) is 1.32. The summed E-state index contributed by atoms with van der Waals surface area (Å²) < 4.78 is 1.52. The van der Waals surface area contributed by atoms with E-state index in [-0.39, 0.29) is 11.1 Å². The average Bonchev–Trinajstić information content (AvgIpc) is 2.98. The lowest BCUT2D eigenvalue weighted by Crippen LogP contribution is -2.04. The largest absolute Gasteiger partial charge is 0.478 e. The molecular weight excluding hydrogens is 272 g/mol. The smallest absolute Gasteiger partial charge is 0.335 e. The number of hydrogen-bond donors (Lipinski definition) is 2. The van der Waals surface area contributed by atoms with Gasteiger partial charge in [-0.25, -0.2) is 9.48 Å². The number of H-pyrrole nitrogens is 1. The van der Waals surface area contributed by atoms with Crippen molar-refractivity contribution < 1.29 is 9.90 Å². The van der Waals surface area contributed by atoms with Gasteiger partial charge in [-0.1, -0.05) is 17.3 Å². The van der Waals surface area contributed by atoms with Gasteiger partial charge in [0.2, 0.25) is 5.56 Å². The van der Waals surface area contributed by atoms with E-state index in [1.165, 1.54) is 29.1 Å². The number of benzene rings is 1. The number of carboxylic acids is 1. The van der Waals surface area contributed by atoms with Crippen LogP contribution < -0.4 is 5.56 Å². The number of carbonyl (C=O) groups is 1. The van der Waals surface area contributed by atoms with Gasteiger partial charge < -0.3 is 10.1 Å². The van der Waals surface area contributed by atoms with E-state index in [1.807, 2.05) is 0 Å². The molecule has 3 rings (SSSR count). The molecular formula is C14H10N4O3.